The quantitative estimate of drug-likeness (QED) is 0.693. The van der Waals surface area contributed by atoms with Crippen LogP contribution in [0.5, 0.6) is 0 Å². The number of aliphatic hydroxyl groups is 1. The summed E-state index contributed by atoms with van der Waals surface area (Å²) >= 11 is 0. The predicted molar refractivity (Wildman–Crippen MR) is 92.7 cm³/mol. The van der Waals surface area contributed by atoms with Crippen molar-refractivity contribution in [2.24, 2.45) is 28.6 Å². The summed E-state index contributed by atoms with van der Waals surface area (Å²) in [5, 5.41) is 9.81. The fourth-order valence-electron chi connectivity index (χ4n) is 3.64. The summed E-state index contributed by atoms with van der Waals surface area (Å²) in [7, 11) is 0. The molecule has 0 aromatic carbocycles. The van der Waals surface area contributed by atoms with Crippen molar-refractivity contribution in [3.63, 3.8) is 0 Å². The summed E-state index contributed by atoms with van der Waals surface area (Å²) in [4.78, 5) is 25.0. The number of Topliss-reactive ketones (excluding diaryl/α,β-unsaturated/α-hetero) is 2. The second-order valence-corrected chi connectivity index (χ2v) is 8.28. The van der Waals surface area contributed by atoms with Gasteiger partial charge in [-0.2, -0.15) is 0 Å². The van der Waals surface area contributed by atoms with E-state index in [1.54, 1.807) is 0 Å². The van der Waals surface area contributed by atoms with Gasteiger partial charge in [0.05, 0.1) is 6.10 Å². The van der Waals surface area contributed by atoms with E-state index in [1.165, 1.54) is 0 Å². The van der Waals surface area contributed by atoms with Crippen molar-refractivity contribution in [3.05, 3.63) is 0 Å². The first-order valence-electron chi connectivity index (χ1n) is 8.64. The minimum Gasteiger partial charge on any atom is -0.393 e. The number of rotatable bonds is 0. The molecule has 0 aromatic heterocycles. The second-order valence-electron chi connectivity index (χ2n) is 8.28. The van der Waals surface area contributed by atoms with Crippen LogP contribution in [0, 0.1) is 40.4 Å². The lowest BCUT2D eigenvalue weighted by atomic mass is 9.62. The maximum absolute atomic E-state index is 12.5. The molecule has 0 aromatic rings. The molecule has 2 saturated carbocycles. The molecule has 130 valence electrons. The first-order chi connectivity index (χ1) is 10.4. The first kappa shape index (κ1) is 19.9. The number of ketones is 2. The molecular formula is C20H32O3. The molecule has 0 spiro atoms. The Balaban J connectivity index is 0.000000379. The van der Waals surface area contributed by atoms with Gasteiger partial charge in [0.1, 0.15) is 11.6 Å². The van der Waals surface area contributed by atoms with Crippen molar-refractivity contribution < 1.29 is 14.7 Å². The molecule has 0 radical (unpaired) electrons. The second kappa shape index (κ2) is 7.18. The zero-order chi connectivity index (χ0) is 18.0. The van der Waals surface area contributed by atoms with Gasteiger partial charge in [-0.15, -0.1) is 11.8 Å². The highest BCUT2D eigenvalue weighted by atomic mass is 16.3. The minimum absolute atomic E-state index is 0.135. The van der Waals surface area contributed by atoms with E-state index in [1.807, 2.05) is 34.6 Å². The molecule has 0 saturated heterocycles. The molecule has 3 nitrogen and oxygen atoms in total. The Morgan fingerprint density at radius 3 is 1.61 bits per heavy atom. The van der Waals surface area contributed by atoms with Gasteiger partial charge in [0.15, 0.2) is 0 Å². The Hall–Kier alpha value is -1.14. The lowest BCUT2D eigenvalue weighted by Gasteiger charge is -2.38. The monoisotopic (exact) mass is 320 g/mol. The third-order valence-corrected chi connectivity index (χ3v) is 5.65. The standard InChI is InChI=1S/C14H22O3.C6H10/c1-13(2)11(16)8-5-9(7-10(15)6-8)12(17)14(13,3)4;1-4-5-6(2)3/h8-10,15H,5-7H2,1-4H3;6H,1-3H3. The Morgan fingerprint density at radius 1 is 0.957 bits per heavy atom. The van der Waals surface area contributed by atoms with E-state index in [0.29, 0.717) is 25.2 Å². The zero-order valence-electron chi connectivity index (χ0n) is 15.7. The van der Waals surface area contributed by atoms with Crippen LogP contribution in [0.4, 0.5) is 0 Å². The van der Waals surface area contributed by atoms with Crippen molar-refractivity contribution in [1.82, 2.24) is 0 Å². The average Bonchev–Trinajstić information content (AvgIpc) is 2.47. The number of carbonyl (C=O) groups is 2. The van der Waals surface area contributed by atoms with Crippen LogP contribution in [0.25, 0.3) is 0 Å². The fourth-order valence-corrected chi connectivity index (χ4v) is 3.64. The molecule has 2 unspecified atom stereocenters. The van der Waals surface area contributed by atoms with Crippen LogP contribution < -0.4 is 0 Å². The SMILES string of the molecule is CC#CC(C)C.CC1(C)C(=O)C2CC(O)CC(C2)C(=O)C1(C)C. The van der Waals surface area contributed by atoms with E-state index in [2.05, 4.69) is 25.7 Å². The largest absolute Gasteiger partial charge is 0.393 e. The highest BCUT2D eigenvalue weighted by Gasteiger charge is 2.56. The van der Waals surface area contributed by atoms with Crippen LogP contribution in [0.1, 0.15) is 67.7 Å². The summed E-state index contributed by atoms with van der Waals surface area (Å²) in [6.45, 7) is 13.5. The third kappa shape index (κ3) is 4.04. The Labute approximate surface area is 141 Å². The zero-order valence-corrected chi connectivity index (χ0v) is 15.7. The fraction of sp³-hybridized carbons (Fsp3) is 0.800. The maximum Gasteiger partial charge on any atom is 0.142 e. The topological polar surface area (TPSA) is 54.4 Å². The molecule has 23 heavy (non-hydrogen) atoms. The third-order valence-electron chi connectivity index (χ3n) is 5.65. The number of aliphatic hydroxyl groups excluding tert-OH is 1. The van der Waals surface area contributed by atoms with Crippen molar-refractivity contribution in [3.8, 4) is 11.8 Å². The molecule has 0 heterocycles. The molecule has 2 atom stereocenters. The molecule has 1 N–H and O–H groups in total. The number of carbonyl (C=O) groups excluding carboxylic acids is 2. The lowest BCUT2D eigenvalue weighted by molar-refractivity contribution is -0.144. The number of fused-ring (bicyclic) bond motifs is 2. The summed E-state index contributed by atoms with van der Waals surface area (Å²) in [5.74, 6) is 6.34. The smallest absolute Gasteiger partial charge is 0.142 e. The summed E-state index contributed by atoms with van der Waals surface area (Å²) in [6, 6.07) is 0. The highest BCUT2D eigenvalue weighted by molar-refractivity contribution is 5.99. The van der Waals surface area contributed by atoms with Gasteiger partial charge in [-0.3, -0.25) is 9.59 Å². The highest BCUT2D eigenvalue weighted by Crippen LogP contribution is 2.50. The van der Waals surface area contributed by atoms with E-state index in [9.17, 15) is 14.7 Å². The summed E-state index contributed by atoms with van der Waals surface area (Å²) in [5.41, 5.74) is -1.26. The van der Waals surface area contributed by atoms with Crippen LogP contribution in [-0.2, 0) is 9.59 Å². The maximum atomic E-state index is 12.5. The van der Waals surface area contributed by atoms with Crippen LogP contribution in [-0.4, -0.2) is 22.8 Å². The normalized spacial score (nSPS) is 31.4. The van der Waals surface area contributed by atoms with Gasteiger partial charge in [0.2, 0.25) is 0 Å². The van der Waals surface area contributed by atoms with Crippen LogP contribution in [0.2, 0.25) is 0 Å². The number of hydrogen-bond donors (Lipinski definition) is 1. The van der Waals surface area contributed by atoms with E-state index >= 15 is 0 Å². The van der Waals surface area contributed by atoms with Crippen molar-refractivity contribution in [2.45, 2.75) is 73.8 Å². The van der Waals surface area contributed by atoms with E-state index in [4.69, 9.17) is 0 Å². The molecule has 2 bridgehead atoms. The van der Waals surface area contributed by atoms with Crippen LogP contribution in [0.15, 0.2) is 0 Å². The molecule has 2 aliphatic carbocycles. The molecule has 2 fully saturated rings. The van der Waals surface area contributed by atoms with Crippen molar-refractivity contribution >= 4 is 11.6 Å². The molecule has 3 heteroatoms. The molecular weight excluding hydrogens is 288 g/mol. The summed E-state index contributed by atoms with van der Waals surface area (Å²) < 4.78 is 0. The Kier molecular flexibility index (Phi) is 6.21. The molecule has 2 rings (SSSR count). The lowest BCUT2D eigenvalue weighted by Crippen LogP contribution is -2.45. The molecule has 2 aliphatic rings. The first-order valence-corrected chi connectivity index (χ1v) is 8.64. The van der Waals surface area contributed by atoms with Gasteiger partial charge in [0.25, 0.3) is 0 Å². The van der Waals surface area contributed by atoms with Crippen LogP contribution >= 0.6 is 0 Å². The molecule has 0 aliphatic heterocycles. The predicted octanol–water partition coefficient (Wildman–Crippen LogP) is 3.63. The van der Waals surface area contributed by atoms with Gasteiger partial charge in [-0.25, -0.2) is 0 Å². The van der Waals surface area contributed by atoms with Crippen molar-refractivity contribution in [1.29, 1.82) is 0 Å². The summed E-state index contributed by atoms with van der Waals surface area (Å²) in [6.07, 6.45) is 1.21. The molecule has 0 amide bonds. The van der Waals surface area contributed by atoms with Crippen LogP contribution in [0.3, 0.4) is 0 Å². The van der Waals surface area contributed by atoms with E-state index < -0.39 is 16.9 Å². The van der Waals surface area contributed by atoms with E-state index in [-0.39, 0.29) is 23.4 Å². The van der Waals surface area contributed by atoms with Gasteiger partial charge in [0, 0.05) is 28.6 Å². The van der Waals surface area contributed by atoms with Gasteiger partial charge >= 0.3 is 0 Å². The van der Waals surface area contributed by atoms with Gasteiger partial charge in [-0.1, -0.05) is 41.5 Å². The average molecular weight is 320 g/mol. The Morgan fingerprint density at radius 2 is 1.35 bits per heavy atom. The Bertz CT molecular complexity index is 483. The minimum atomic E-state index is -0.631. The van der Waals surface area contributed by atoms with E-state index in [0.717, 1.165) is 0 Å². The number of hydrogen-bond acceptors (Lipinski definition) is 3. The van der Waals surface area contributed by atoms with Crippen molar-refractivity contribution in [2.75, 3.05) is 0 Å². The van der Waals surface area contributed by atoms with Gasteiger partial charge < -0.3 is 5.11 Å². The van der Waals surface area contributed by atoms with Gasteiger partial charge in [-0.05, 0) is 26.2 Å².